The molecule has 0 bridgehead atoms. The van der Waals surface area contributed by atoms with Crippen LogP contribution >= 0.6 is 41.3 Å². The Kier molecular flexibility index (Phi) is 5.82. The van der Waals surface area contributed by atoms with Crippen molar-refractivity contribution in [1.29, 1.82) is 0 Å². The molecule has 0 spiro atoms. The SMILES string of the molecule is C/C(C[PH](C)(C)C)=C(/B(c1cccs1)c1cccs1)c1cccs1. The molecule has 3 heterocycles. The molecule has 0 unspecified atom stereocenters. The summed E-state index contributed by atoms with van der Waals surface area (Å²) in [5.74, 6) is 0. The zero-order valence-electron chi connectivity index (χ0n) is 14.7. The van der Waals surface area contributed by atoms with Crippen molar-refractivity contribution in [1.82, 2.24) is 0 Å². The van der Waals surface area contributed by atoms with Crippen LogP contribution in [0.15, 0.2) is 58.1 Å². The standard InChI is InChI=1S/C19H24BPS3/c1-15(14-21(2,3)4)19(16-8-5-11-22-16)20(17-9-6-12-23-17)18-10-7-13-24-18/h5-13,21H,14H2,1-4H3/b19-15-. The monoisotopic (exact) mass is 390 g/mol. The molecule has 0 aromatic carbocycles. The fraction of sp³-hybridized carbons (Fsp3) is 0.263. The second kappa shape index (κ2) is 7.70. The van der Waals surface area contributed by atoms with Crippen LogP contribution in [0.1, 0.15) is 11.8 Å². The third kappa shape index (κ3) is 4.29. The first-order chi connectivity index (χ1) is 11.5. The van der Waals surface area contributed by atoms with Crippen LogP contribution in [0.2, 0.25) is 0 Å². The third-order valence-electron chi connectivity index (χ3n) is 3.99. The van der Waals surface area contributed by atoms with Crippen molar-refractivity contribution in [2.24, 2.45) is 0 Å². The fourth-order valence-corrected chi connectivity index (χ4v) is 7.70. The van der Waals surface area contributed by atoms with Crippen molar-refractivity contribution < 1.29 is 0 Å². The zero-order valence-corrected chi connectivity index (χ0v) is 18.2. The molecule has 3 aromatic heterocycles. The molecule has 0 amide bonds. The van der Waals surface area contributed by atoms with E-state index in [1.165, 1.54) is 26.1 Å². The Balaban J connectivity index is 2.17. The van der Waals surface area contributed by atoms with Gasteiger partial charge in [-0.25, -0.2) is 0 Å². The fourth-order valence-electron chi connectivity index (χ4n) is 3.26. The minimum absolute atomic E-state index is 0.375. The van der Waals surface area contributed by atoms with Crippen molar-refractivity contribution >= 4 is 63.0 Å². The summed E-state index contributed by atoms with van der Waals surface area (Å²) in [6.07, 6.45) is 1.26. The van der Waals surface area contributed by atoms with Crippen molar-refractivity contribution in [3.05, 3.63) is 63.0 Å². The molecule has 5 heteroatoms. The van der Waals surface area contributed by atoms with E-state index in [1.807, 2.05) is 34.0 Å². The summed E-state index contributed by atoms with van der Waals surface area (Å²) in [7, 11) is -1.16. The van der Waals surface area contributed by atoms with Gasteiger partial charge in [0.05, 0.1) is 0 Å². The van der Waals surface area contributed by atoms with E-state index in [0.717, 1.165) is 0 Å². The summed E-state index contributed by atoms with van der Waals surface area (Å²) < 4.78 is 2.91. The van der Waals surface area contributed by atoms with Crippen LogP contribution in [-0.4, -0.2) is 32.9 Å². The first-order valence-corrected chi connectivity index (χ1v) is 14.6. The molecule has 0 nitrogen and oxygen atoms in total. The minimum atomic E-state index is -1.16. The van der Waals surface area contributed by atoms with E-state index < -0.39 is 7.26 Å². The molecule has 0 fully saturated rings. The molecule has 3 rings (SSSR count). The molecule has 24 heavy (non-hydrogen) atoms. The van der Waals surface area contributed by atoms with Gasteiger partial charge in [0.15, 0.2) is 0 Å². The zero-order chi connectivity index (χ0) is 17.2. The molecule has 0 radical (unpaired) electrons. The summed E-state index contributed by atoms with van der Waals surface area (Å²) in [6, 6.07) is 13.4. The second-order valence-corrected chi connectivity index (χ2v) is 15.8. The van der Waals surface area contributed by atoms with Crippen LogP contribution in [0.25, 0.3) is 5.47 Å². The number of rotatable bonds is 6. The van der Waals surface area contributed by atoms with E-state index in [1.54, 1.807) is 5.57 Å². The van der Waals surface area contributed by atoms with Gasteiger partial charge in [-0.3, -0.25) is 0 Å². The summed E-state index contributed by atoms with van der Waals surface area (Å²) >= 11 is 5.63. The van der Waals surface area contributed by atoms with Crippen molar-refractivity contribution in [2.45, 2.75) is 6.92 Å². The van der Waals surface area contributed by atoms with E-state index in [4.69, 9.17) is 0 Å². The van der Waals surface area contributed by atoms with Gasteiger partial charge in [-0.05, 0) is 0 Å². The van der Waals surface area contributed by atoms with Crippen molar-refractivity contribution in [2.75, 3.05) is 26.2 Å². The predicted octanol–water partition coefficient (Wildman–Crippen LogP) is 5.13. The van der Waals surface area contributed by atoms with Gasteiger partial charge in [0.2, 0.25) is 0 Å². The molecule has 0 aliphatic heterocycles. The van der Waals surface area contributed by atoms with Gasteiger partial charge in [-0.15, -0.1) is 0 Å². The average Bonchev–Trinajstić information content (AvgIpc) is 3.24. The van der Waals surface area contributed by atoms with E-state index in [0.29, 0.717) is 6.71 Å². The van der Waals surface area contributed by atoms with Crippen LogP contribution in [0.5, 0.6) is 0 Å². The third-order valence-corrected chi connectivity index (χ3v) is 8.35. The molecule has 0 aliphatic rings. The summed E-state index contributed by atoms with van der Waals surface area (Å²) in [6.45, 7) is 10.1. The Bertz CT molecular complexity index is 744. The van der Waals surface area contributed by atoms with E-state index in [9.17, 15) is 0 Å². The van der Waals surface area contributed by atoms with Crippen LogP contribution in [0.3, 0.4) is 0 Å². The first kappa shape index (κ1) is 18.1. The predicted molar refractivity (Wildman–Crippen MR) is 122 cm³/mol. The van der Waals surface area contributed by atoms with Crippen LogP contribution in [0, 0.1) is 0 Å². The van der Waals surface area contributed by atoms with Gasteiger partial charge in [0.1, 0.15) is 0 Å². The molecular formula is C19H24BPS3. The molecule has 0 N–H and O–H groups in total. The molecule has 0 atom stereocenters. The number of thiophene rings is 3. The van der Waals surface area contributed by atoms with Crippen LogP contribution in [-0.2, 0) is 0 Å². The summed E-state index contributed by atoms with van der Waals surface area (Å²) in [5.41, 5.74) is 3.11. The summed E-state index contributed by atoms with van der Waals surface area (Å²) in [4.78, 5) is 1.43. The Morgan fingerprint density at radius 2 is 1.42 bits per heavy atom. The van der Waals surface area contributed by atoms with E-state index in [-0.39, 0.29) is 0 Å². The average molecular weight is 390 g/mol. The Morgan fingerprint density at radius 1 is 0.875 bits per heavy atom. The Labute approximate surface area is 158 Å². The second-order valence-electron chi connectivity index (χ2n) is 7.37. The van der Waals surface area contributed by atoms with Gasteiger partial charge >= 0.3 is 159 Å². The first-order valence-electron chi connectivity index (χ1n) is 8.26. The van der Waals surface area contributed by atoms with Crippen molar-refractivity contribution in [3.8, 4) is 0 Å². The molecular weight excluding hydrogens is 366 g/mol. The number of hydrogen-bond donors (Lipinski definition) is 0. The van der Waals surface area contributed by atoms with Gasteiger partial charge < -0.3 is 0 Å². The Morgan fingerprint density at radius 3 is 1.83 bits per heavy atom. The maximum atomic E-state index is 2.47. The topological polar surface area (TPSA) is 0 Å². The number of allylic oxidation sites excluding steroid dienone is 1. The Hall–Kier alpha value is -0.665. The van der Waals surface area contributed by atoms with Gasteiger partial charge in [-0.1, -0.05) is 0 Å². The number of hydrogen-bond acceptors (Lipinski definition) is 3. The van der Waals surface area contributed by atoms with Crippen LogP contribution in [0.4, 0.5) is 0 Å². The molecule has 126 valence electrons. The maximum absolute atomic E-state index is 2.47. The van der Waals surface area contributed by atoms with Crippen LogP contribution < -0.4 is 9.55 Å². The summed E-state index contributed by atoms with van der Waals surface area (Å²) in [5, 5.41) is 6.61. The molecule has 0 saturated carbocycles. The van der Waals surface area contributed by atoms with Gasteiger partial charge in [0.25, 0.3) is 0 Å². The van der Waals surface area contributed by atoms with Crippen molar-refractivity contribution in [3.63, 3.8) is 0 Å². The normalized spacial score (nSPS) is 13.7. The van der Waals surface area contributed by atoms with Gasteiger partial charge in [-0.2, -0.15) is 0 Å². The van der Waals surface area contributed by atoms with Gasteiger partial charge in [0, 0.05) is 0 Å². The van der Waals surface area contributed by atoms with E-state index >= 15 is 0 Å². The molecule has 0 saturated heterocycles. The van der Waals surface area contributed by atoms with E-state index in [2.05, 4.69) is 79.5 Å². The molecule has 0 aliphatic carbocycles. The quantitative estimate of drug-likeness (QED) is 0.404. The molecule has 3 aromatic rings.